The summed E-state index contributed by atoms with van der Waals surface area (Å²) < 4.78 is 11.4. The lowest BCUT2D eigenvalue weighted by molar-refractivity contribution is -0.126. The van der Waals surface area contributed by atoms with Crippen LogP contribution < -0.4 is 15.8 Å². The van der Waals surface area contributed by atoms with Gasteiger partial charge in [-0.25, -0.2) is 0 Å². The second kappa shape index (κ2) is 8.68. The molecule has 1 aliphatic rings. The highest BCUT2D eigenvalue weighted by Crippen LogP contribution is 2.25. The van der Waals surface area contributed by atoms with Gasteiger partial charge in [-0.1, -0.05) is 24.3 Å². The molecule has 0 saturated carbocycles. The van der Waals surface area contributed by atoms with Crippen molar-refractivity contribution in [1.82, 2.24) is 0 Å². The highest BCUT2D eigenvalue weighted by atomic mass is 35.5. The van der Waals surface area contributed by atoms with Crippen molar-refractivity contribution in [2.24, 2.45) is 5.73 Å². The number of hydrogen-bond acceptors (Lipinski definition) is 4. The summed E-state index contributed by atoms with van der Waals surface area (Å²) in [4.78, 5) is 12.2. The Morgan fingerprint density at radius 1 is 1.12 bits per heavy atom. The van der Waals surface area contributed by atoms with E-state index < -0.39 is 6.10 Å². The third-order valence-corrected chi connectivity index (χ3v) is 3.74. The highest BCUT2D eigenvalue weighted by Gasteiger charge is 2.29. The molecule has 2 atom stereocenters. The topological polar surface area (TPSA) is 73.6 Å². The number of benzene rings is 2. The van der Waals surface area contributed by atoms with E-state index in [2.05, 4.69) is 5.32 Å². The number of hydrogen-bond donors (Lipinski definition) is 2. The minimum atomic E-state index is -0.428. The molecular weight excluding hydrogens is 328 g/mol. The first-order valence-corrected chi connectivity index (χ1v) is 7.74. The van der Waals surface area contributed by atoms with Crippen LogP contribution in [0.5, 0.6) is 11.5 Å². The van der Waals surface area contributed by atoms with Crippen LogP contribution in [0.15, 0.2) is 54.6 Å². The predicted molar refractivity (Wildman–Crippen MR) is 95.8 cm³/mol. The number of anilines is 1. The van der Waals surface area contributed by atoms with Crippen LogP contribution in [0.1, 0.15) is 12.8 Å². The Morgan fingerprint density at radius 2 is 1.88 bits per heavy atom. The number of nitrogens with two attached hydrogens (primary N) is 1. The van der Waals surface area contributed by atoms with E-state index in [1.165, 1.54) is 0 Å². The largest absolute Gasteiger partial charge is 0.457 e. The van der Waals surface area contributed by atoms with Crippen molar-refractivity contribution in [3.8, 4) is 11.5 Å². The molecule has 1 fully saturated rings. The molecule has 0 aliphatic carbocycles. The second-order valence-electron chi connectivity index (χ2n) is 5.49. The molecule has 6 heteroatoms. The lowest BCUT2D eigenvalue weighted by atomic mass is 10.2. The van der Waals surface area contributed by atoms with Crippen LogP contribution in [-0.4, -0.2) is 24.7 Å². The fourth-order valence-electron chi connectivity index (χ4n) is 2.56. The quantitative estimate of drug-likeness (QED) is 0.869. The van der Waals surface area contributed by atoms with Crippen molar-refractivity contribution in [2.75, 3.05) is 11.9 Å². The molecule has 128 valence electrons. The fraction of sp³-hybridized carbons (Fsp3) is 0.278. The average Bonchev–Trinajstić information content (AvgIpc) is 3.05. The molecule has 5 nitrogen and oxygen atoms in total. The minimum Gasteiger partial charge on any atom is -0.457 e. The summed E-state index contributed by atoms with van der Waals surface area (Å²) in [5, 5.41) is 2.87. The number of carbonyl (C=O) groups is 1. The zero-order chi connectivity index (χ0) is 16.1. The van der Waals surface area contributed by atoms with E-state index >= 15 is 0 Å². The van der Waals surface area contributed by atoms with Gasteiger partial charge in [0.1, 0.15) is 17.6 Å². The third kappa shape index (κ3) is 4.71. The van der Waals surface area contributed by atoms with E-state index in [1.54, 1.807) is 6.07 Å². The van der Waals surface area contributed by atoms with Crippen LogP contribution in [-0.2, 0) is 9.53 Å². The number of halogens is 1. The summed E-state index contributed by atoms with van der Waals surface area (Å²) in [6.07, 6.45) is 1.08. The van der Waals surface area contributed by atoms with Crippen LogP contribution in [0.4, 0.5) is 5.69 Å². The number of ether oxygens (including phenoxy) is 2. The Labute approximate surface area is 147 Å². The van der Waals surface area contributed by atoms with E-state index in [0.29, 0.717) is 24.4 Å². The molecule has 0 spiro atoms. The maximum Gasteiger partial charge on any atom is 0.253 e. The molecule has 1 amide bonds. The molecule has 0 bridgehead atoms. The first-order valence-electron chi connectivity index (χ1n) is 7.74. The summed E-state index contributed by atoms with van der Waals surface area (Å²) in [5.74, 6) is 1.28. The Hall–Kier alpha value is -2.08. The monoisotopic (exact) mass is 348 g/mol. The van der Waals surface area contributed by atoms with Crippen molar-refractivity contribution >= 4 is 24.0 Å². The van der Waals surface area contributed by atoms with Crippen molar-refractivity contribution in [2.45, 2.75) is 25.0 Å². The van der Waals surface area contributed by atoms with Gasteiger partial charge in [-0.2, -0.15) is 0 Å². The molecule has 3 N–H and O–H groups in total. The molecule has 24 heavy (non-hydrogen) atoms. The standard InChI is InChI=1S/C18H20N2O3.ClH/c19-12-16-9-10-17(23-16)18(21)20-13-5-4-8-15(11-13)22-14-6-2-1-3-7-14;/h1-8,11,16-17H,9-10,12,19H2,(H,20,21);1H/t16-,17+;/m1./s1. The van der Waals surface area contributed by atoms with Gasteiger partial charge in [0.15, 0.2) is 0 Å². The normalized spacial score (nSPS) is 19.4. The smallest absolute Gasteiger partial charge is 0.253 e. The van der Waals surface area contributed by atoms with E-state index in [4.69, 9.17) is 15.2 Å². The Kier molecular flexibility index (Phi) is 6.61. The number of amides is 1. The van der Waals surface area contributed by atoms with Gasteiger partial charge < -0.3 is 20.5 Å². The maximum atomic E-state index is 12.2. The average molecular weight is 349 g/mol. The zero-order valence-electron chi connectivity index (χ0n) is 13.2. The fourth-order valence-corrected chi connectivity index (χ4v) is 2.56. The number of carbonyl (C=O) groups excluding carboxylic acids is 1. The van der Waals surface area contributed by atoms with Gasteiger partial charge >= 0.3 is 0 Å². The Bertz CT molecular complexity index is 666. The van der Waals surface area contributed by atoms with Crippen molar-refractivity contribution in [1.29, 1.82) is 0 Å². The first-order chi connectivity index (χ1) is 11.2. The molecular formula is C18H21ClN2O3. The van der Waals surface area contributed by atoms with Crippen molar-refractivity contribution in [3.63, 3.8) is 0 Å². The number of para-hydroxylation sites is 1. The number of nitrogens with one attached hydrogen (secondary N) is 1. The van der Waals surface area contributed by atoms with Gasteiger partial charge in [-0.15, -0.1) is 12.4 Å². The van der Waals surface area contributed by atoms with Crippen LogP contribution in [0.25, 0.3) is 0 Å². The van der Waals surface area contributed by atoms with Gasteiger partial charge in [0.05, 0.1) is 6.10 Å². The minimum absolute atomic E-state index is 0. The van der Waals surface area contributed by atoms with E-state index in [9.17, 15) is 4.79 Å². The molecule has 2 aromatic rings. The van der Waals surface area contributed by atoms with Gasteiger partial charge in [0.25, 0.3) is 5.91 Å². The van der Waals surface area contributed by atoms with Gasteiger partial charge in [0, 0.05) is 18.3 Å². The molecule has 0 unspecified atom stereocenters. The molecule has 2 aromatic carbocycles. The van der Waals surface area contributed by atoms with E-state index in [0.717, 1.165) is 12.2 Å². The van der Waals surface area contributed by atoms with Crippen LogP contribution in [0, 0.1) is 0 Å². The SMILES string of the molecule is Cl.NC[C@H]1CC[C@@H](C(=O)Nc2cccc(Oc3ccccc3)c2)O1. The molecule has 0 radical (unpaired) electrons. The second-order valence-corrected chi connectivity index (χ2v) is 5.49. The summed E-state index contributed by atoms with van der Waals surface area (Å²) in [6.45, 7) is 0.449. The van der Waals surface area contributed by atoms with Crippen LogP contribution in [0.2, 0.25) is 0 Å². The molecule has 3 rings (SSSR count). The van der Waals surface area contributed by atoms with Crippen molar-refractivity contribution < 1.29 is 14.3 Å². The summed E-state index contributed by atoms with van der Waals surface area (Å²) in [6, 6.07) is 16.8. The van der Waals surface area contributed by atoms with E-state index in [-0.39, 0.29) is 24.4 Å². The van der Waals surface area contributed by atoms with Crippen LogP contribution in [0.3, 0.4) is 0 Å². The van der Waals surface area contributed by atoms with Gasteiger partial charge in [-0.3, -0.25) is 4.79 Å². The Morgan fingerprint density at radius 3 is 2.58 bits per heavy atom. The lowest BCUT2D eigenvalue weighted by Gasteiger charge is -2.13. The lowest BCUT2D eigenvalue weighted by Crippen LogP contribution is -2.29. The third-order valence-electron chi connectivity index (χ3n) is 3.74. The Balaban J connectivity index is 0.00000208. The highest BCUT2D eigenvalue weighted by molar-refractivity contribution is 5.94. The summed E-state index contributed by atoms with van der Waals surface area (Å²) in [5.41, 5.74) is 6.25. The molecule has 1 heterocycles. The summed E-state index contributed by atoms with van der Waals surface area (Å²) in [7, 11) is 0. The van der Waals surface area contributed by atoms with Gasteiger partial charge in [0.2, 0.25) is 0 Å². The van der Waals surface area contributed by atoms with Crippen molar-refractivity contribution in [3.05, 3.63) is 54.6 Å². The first kappa shape index (κ1) is 18.3. The maximum absolute atomic E-state index is 12.2. The zero-order valence-corrected chi connectivity index (χ0v) is 14.0. The van der Waals surface area contributed by atoms with Crippen LogP contribution >= 0.6 is 12.4 Å². The van der Waals surface area contributed by atoms with E-state index in [1.807, 2.05) is 48.5 Å². The molecule has 1 aliphatic heterocycles. The number of rotatable bonds is 5. The predicted octanol–water partition coefficient (Wildman–Crippen LogP) is 3.35. The molecule has 0 aromatic heterocycles. The van der Waals surface area contributed by atoms with Gasteiger partial charge in [-0.05, 0) is 37.1 Å². The molecule has 1 saturated heterocycles. The summed E-state index contributed by atoms with van der Waals surface area (Å²) >= 11 is 0.